The van der Waals surface area contributed by atoms with E-state index in [0.717, 1.165) is 6.26 Å². The van der Waals surface area contributed by atoms with E-state index in [1.165, 1.54) is 9.21 Å². The van der Waals surface area contributed by atoms with Crippen LogP contribution in [0.15, 0.2) is 59.1 Å². The molecule has 0 aliphatic carbocycles. The number of nitrogens with zero attached hydrogens (tertiary/aromatic N) is 4. The minimum atomic E-state index is -3.46. The molecule has 0 N–H and O–H groups in total. The molecule has 3 aromatic rings. The summed E-state index contributed by atoms with van der Waals surface area (Å²) in [5.41, 5.74) is 0.701. The van der Waals surface area contributed by atoms with Crippen molar-refractivity contribution >= 4 is 15.9 Å². The zero-order chi connectivity index (χ0) is 23.4. The highest BCUT2D eigenvalue weighted by Gasteiger charge is 2.38. The number of piperazine rings is 1. The highest BCUT2D eigenvalue weighted by Crippen LogP contribution is 2.28. The number of hydrogen-bond acceptors (Lipinski definition) is 8. The summed E-state index contributed by atoms with van der Waals surface area (Å²) in [5.74, 6) is 1.44. The predicted octanol–water partition coefficient (Wildman–Crippen LogP) is 1.97. The van der Waals surface area contributed by atoms with Gasteiger partial charge in [-0.3, -0.25) is 4.79 Å². The zero-order valence-corrected chi connectivity index (χ0v) is 19.1. The molecule has 1 amide bonds. The Morgan fingerprint density at radius 3 is 2.48 bits per heavy atom. The van der Waals surface area contributed by atoms with Crippen LogP contribution in [0.25, 0.3) is 11.4 Å². The summed E-state index contributed by atoms with van der Waals surface area (Å²) >= 11 is 0. The molecule has 1 saturated heterocycles. The molecule has 33 heavy (non-hydrogen) atoms. The monoisotopic (exact) mass is 472 g/mol. The third-order valence-corrected chi connectivity index (χ3v) is 6.58. The maximum atomic E-state index is 13.0. The molecular formula is C22H24N4O6S. The highest BCUT2D eigenvalue weighted by molar-refractivity contribution is 7.88. The van der Waals surface area contributed by atoms with E-state index < -0.39 is 16.1 Å². The molecule has 10 nitrogen and oxygen atoms in total. The summed E-state index contributed by atoms with van der Waals surface area (Å²) in [5, 5.41) is 4.03. The van der Waals surface area contributed by atoms with Gasteiger partial charge in [-0.1, -0.05) is 23.4 Å². The minimum Gasteiger partial charge on any atom is -0.497 e. The molecule has 1 aliphatic heterocycles. The molecule has 1 aromatic heterocycles. The lowest BCUT2D eigenvalue weighted by Gasteiger charge is -2.38. The van der Waals surface area contributed by atoms with E-state index in [2.05, 4.69) is 10.1 Å². The smallest absolute Gasteiger partial charge is 0.261 e. The predicted molar refractivity (Wildman–Crippen MR) is 119 cm³/mol. The third-order valence-electron chi connectivity index (χ3n) is 5.31. The largest absolute Gasteiger partial charge is 0.497 e. The number of benzene rings is 2. The van der Waals surface area contributed by atoms with Gasteiger partial charge < -0.3 is 18.9 Å². The van der Waals surface area contributed by atoms with Crippen LogP contribution in [0.1, 0.15) is 11.9 Å². The summed E-state index contributed by atoms with van der Waals surface area (Å²) in [7, 11) is -1.89. The van der Waals surface area contributed by atoms with E-state index in [4.69, 9.17) is 14.0 Å². The Labute approximate surface area is 191 Å². The van der Waals surface area contributed by atoms with Crippen molar-refractivity contribution < 1.29 is 27.2 Å². The van der Waals surface area contributed by atoms with E-state index in [-0.39, 0.29) is 38.0 Å². The fourth-order valence-corrected chi connectivity index (χ4v) is 4.37. The number of para-hydroxylation sites is 1. The number of hydrogen-bond donors (Lipinski definition) is 0. The Bertz CT molecular complexity index is 1200. The number of aromatic nitrogens is 2. The Kier molecular flexibility index (Phi) is 6.61. The van der Waals surface area contributed by atoms with E-state index in [0.29, 0.717) is 22.9 Å². The molecule has 0 radical (unpaired) electrons. The van der Waals surface area contributed by atoms with Gasteiger partial charge >= 0.3 is 0 Å². The Morgan fingerprint density at radius 2 is 1.82 bits per heavy atom. The van der Waals surface area contributed by atoms with Gasteiger partial charge in [-0.15, -0.1) is 0 Å². The lowest BCUT2D eigenvalue weighted by Crippen LogP contribution is -2.53. The lowest BCUT2D eigenvalue weighted by molar-refractivity contribution is -0.138. The van der Waals surface area contributed by atoms with Gasteiger partial charge in [0.05, 0.1) is 13.4 Å². The summed E-state index contributed by atoms with van der Waals surface area (Å²) in [4.78, 5) is 19.0. The number of rotatable bonds is 7. The van der Waals surface area contributed by atoms with Crippen LogP contribution in [0.4, 0.5) is 0 Å². The number of ether oxygens (including phenoxy) is 2. The average molecular weight is 473 g/mol. The van der Waals surface area contributed by atoms with E-state index in [1.807, 2.05) is 18.2 Å². The SMILES string of the molecule is COc1ccc(-c2noc(C3CN(S(C)(=O)=O)CCN3C(=O)COc3ccccc3)n2)cc1. The first-order valence-corrected chi connectivity index (χ1v) is 12.1. The molecule has 0 spiro atoms. The zero-order valence-electron chi connectivity index (χ0n) is 18.2. The number of methoxy groups -OCH3 is 1. The van der Waals surface area contributed by atoms with Crippen molar-refractivity contribution in [1.82, 2.24) is 19.3 Å². The summed E-state index contributed by atoms with van der Waals surface area (Å²) in [6.45, 7) is 0.167. The van der Waals surface area contributed by atoms with E-state index in [1.54, 1.807) is 43.5 Å². The molecule has 0 bridgehead atoms. The molecule has 4 rings (SSSR count). The Hall–Kier alpha value is -3.44. The van der Waals surface area contributed by atoms with Crippen molar-refractivity contribution in [2.24, 2.45) is 0 Å². The highest BCUT2D eigenvalue weighted by atomic mass is 32.2. The minimum absolute atomic E-state index is 0.0140. The molecule has 2 heterocycles. The fourth-order valence-electron chi connectivity index (χ4n) is 3.54. The van der Waals surface area contributed by atoms with Gasteiger partial charge in [-0.25, -0.2) is 8.42 Å². The van der Waals surface area contributed by atoms with Crippen molar-refractivity contribution in [2.75, 3.05) is 39.6 Å². The van der Waals surface area contributed by atoms with E-state index in [9.17, 15) is 13.2 Å². The van der Waals surface area contributed by atoms with Crippen LogP contribution in [0.3, 0.4) is 0 Å². The van der Waals surface area contributed by atoms with Crippen molar-refractivity contribution in [1.29, 1.82) is 0 Å². The van der Waals surface area contributed by atoms with Crippen molar-refractivity contribution in [3.8, 4) is 22.9 Å². The second-order valence-electron chi connectivity index (χ2n) is 7.51. The Morgan fingerprint density at radius 1 is 1.09 bits per heavy atom. The molecule has 1 atom stereocenters. The van der Waals surface area contributed by atoms with Crippen molar-refractivity contribution in [3.63, 3.8) is 0 Å². The van der Waals surface area contributed by atoms with Crippen molar-refractivity contribution in [3.05, 3.63) is 60.5 Å². The number of sulfonamides is 1. The van der Waals surface area contributed by atoms with Crippen LogP contribution >= 0.6 is 0 Å². The van der Waals surface area contributed by atoms with Crippen LogP contribution in [0.2, 0.25) is 0 Å². The van der Waals surface area contributed by atoms with Gasteiger partial charge in [0.15, 0.2) is 6.61 Å². The van der Waals surface area contributed by atoms with Crippen molar-refractivity contribution in [2.45, 2.75) is 6.04 Å². The lowest BCUT2D eigenvalue weighted by atomic mass is 10.1. The normalized spacial score (nSPS) is 17.0. The second-order valence-corrected chi connectivity index (χ2v) is 9.49. The summed E-state index contributed by atoms with van der Waals surface area (Å²) in [6, 6.07) is 15.4. The molecule has 11 heteroatoms. The van der Waals surface area contributed by atoms with Crippen LogP contribution in [-0.4, -0.2) is 73.3 Å². The number of carbonyl (C=O) groups is 1. The molecule has 1 aliphatic rings. The topological polar surface area (TPSA) is 115 Å². The average Bonchev–Trinajstić information content (AvgIpc) is 3.32. The first-order chi connectivity index (χ1) is 15.8. The van der Waals surface area contributed by atoms with Crippen LogP contribution in [0, 0.1) is 0 Å². The summed E-state index contributed by atoms with van der Waals surface area (Å²) in [6.07, 6.45) is 1.14. The molecule has 1 fully saturated rings. The summed E-state index contributed by atoms with van der Waals surface area (Å²) < 4.78 is 41.8. The third kappa shape index (κ3) is 5.32. The molecule has 0 saturated carbocycles. The maximum Gasteiger partial charge on any atom is 0.261 e. The van der Waals surface area contributed by atoms with Crippen LogP contribution < -0.4 is 9.47 Å². The molecule has 1 unspecified atom stereocenters. The molecule has 174 valence electrons. The van der Waals surface area contributed by atoms with Crippen LogP contribution in [-0.2, 0) is 14.8 Å². The first kappa shape index (κ1) is 22.7. The van der Waals surface area contributed by atoms with Gasteiger partial charge in [-0.05, 0) is 36.4 Å². The number of carbonyl (C=O) groups excluding carboxylic acids is 1. The van der Waals surface area contributed by atoms with Gasteiger partial charge in [-0.2, -0.15) is 9.29 Å². The van der Waals surface area contributed by atoms with E-state index >= 15 is 0 Å². The van der Waals surface area contributed by atoms with Gasteiger partial charge in [0.25, 0.3) is 11.8 Å². The Balaban J connectivity index is 1.56. The van der Waals surface area contributed by atoms with Gasteiger partial charge in [0, 0.05) is 25.2 Å². The molecular weight excluding hydrogens is 448 g/mol. The standard InChI is InChI=1S/C22H24N4O6S/c1-30-17-10-8-16(9-11-17)21-23-22(32-24-21)19-14-25(33(2,28)29)12-13-26(19)20(27)15-31-18-6-4-3-5-7-18/h3-11,19H,12-15H2,1-2H3. The van der Waals surface area contributed by atoms with Gasteiger partial charge in [0.2, 0.25) is 15.8 Å². The fraction of sp³-hybridized carbons (Fsp3) is 0.318. The maximum absolute atomic E-state index is 13.0. The first-order valence-electron chi connectivity index (χ1n) is 10.3. The van der Waals surface area contributed by atoms with Crippen LogP contribution in [0.5, 0.6) is 11.5 Å². The second kappa shape index (κ2) is 9.59. The molecule has 2 aromatic carbocycles. The number of amides is 1. The quantitative estimate of drug-likeness (QED) is 0.513. The van der Waals surface area contributed by atoms with Gasteiger partial charge in [0.1, 0.15) is 17.5 Å².